The number of hydrogen-bond donors (Lipinski definition) is 1. The Morgan fingerprint density at radius 3 is 2.53 bits per heavy atom. The van der Waals surface area contributed by atoms with E-state index in [0.29, 0.717) is 12.1 Å². The summed E-state index contributed by atoms with van der Waals surface area (Å²) < 4.78 is 15.1. The van der Waals surface area contributed by atoms with Gasteiger partial charge in [-0.1, -0.05) is 32.9 Å². The van der Waals surface area contributed by atoms with Gasteiger partial charge in [0.2, 0.25) is 5.91 Å². The van der Waals surface area contributed by atoms with Crippen LogP contribution in [0.25, 0.3) is 0 Å². The predicted molar refractivity (Wildman–Crippen MR) is 118 cm³/mol. The van der Waals surface area contributed by atoms with Crippen molar-refractivity contribution in [2.45, 2.75) is 63.0 Å². The van der Waals surface area contributed by atoms with Crippen molar-refractivity contribution in [2.75, 3.05) is 26.7 Å². The first kappa shape index (κ1) is 23.1. The number of likely N-dealkylation sites (tertiary alicyclic amines) is 1. The molecule has 1 amide bonds. The third-order valence-corrected chi connectivity index (χ3v) is 7.54. The van der Waals surface area contributed by atoms with Crippen molar-refractivity contribution < 1.29 is 19.1 Å². The van der Waals surface area contributed by atoms with Gasteiger partial charge >= 0.3 is 5.97 Å². The van der Waals surface area contributed by atoms with Crippen LogP contribution in [0.15, 0.2) is 18.2 Å². The summed E-state index contributed by atoms with van der Waals surface area (Å²) in [7, 11) is 2.08. The lowest BCUT2D eigenvalue weighted by molar-refractivity contribution is -0.140. The van der Waals surface area contributed by atoms with E-state index in [9.17, 15) is 14.7 Å². The van der Waals surface area contributed by atoms with Crippen LogP contribution >= 0.6 is 11.8 Å². The van der Waals surface area contributed by atoms with E-state index in [4.69, 9.17) is 0 Å². The zero-order chi connectivity index (χ0) is 22.1. The van der Waals surface area contributed by atoms with Crippen molar-refractivity contribution in [1.29, 1.82) is 0 Å². The molecule has 30 heavy (non-hydrogen) atoms. The number of aliphatic carboxylic acids is 1. The van der Waals surface area contributed by atoms with E-state index in [-0.39, 0.29) is 34.9 Å². The van der Waals surface area contributed by atoms with Crippen LogP contribution in [-0.2, 0) is 9.59 Å². The molecule has 1 N–H and O–H groups in total. The van der Waals surface area contributed by atoms with Crippen molar-refractivity contribution in [3.63, 3.8) is 0 Å². The fourth-order valence-corrected chi connectivity index (χ4v) is 5.81. The van der Waals surface area contributed by atoms with E-state index in [1.54, 1.807) is 11.0 Å². The van der Waals surface area contributed by atoms with Crippen LogP contribution in [0.2, 0.25) is 0 Å². The van der Waals surface area contributed by atoms with Gasteiger partial charge in [0.25, 0.3) is 0 Å². The lowest BCUT2D eigenvalue weighted by atomic mass is 9.85. The van der Waals surface area contributed by atoms with Crippen LogP contribution in [-0.4, -0.2) is 58.7 Å². The highest BCUT2D eigenvalue weighted by molar-refractivity contribution is 8.01. The largest absolute Gasteiger partial charge is 0.481 e. The normalized spacial score (nSPS) is 23.9. The van der Waals surface area contributed by atoms with Gasteiger partial charge in [0.1, 0.15) is 11.2 Å². The number of carbonyl (C=O) groups excluding carboxylic acids is 1. The van der Waals surface area contributed by atoms with Crippen LogP contribution in [0, 0.1) is 11.2 Å². The predicted octanol–water partition coefficient (Wildman–Crippen LogP) is 4.49. The molecule has 166 valence electrons. The van der Waals surface area contributed by atoms with Crippen molar-refractivity contribution in [3.8, 4) is 0 Å². The molecular weight excluding hydrogens is 403 g/mol. The topological polar surface area (TPSA) is 60.9 Å². The van der Waals surface area contributed by atoms with Crippen molar-refractivity contribution in [3.05, 3.63) is 35.1 Å². The number of carbonyl (C=O) groups is 2. The molecule has 7 heteroatoms. The molecule has 5 nitrogen and oxygen atoms in total. The van der Waals surface area contributed by atoms with Crippen molar-refractivity contribution in [1.82, 2.24) is 9.80 Å². The first-order valence-corrected chi connectivity index (χ1v) is 11.7. The van der Waals surface area contributed by atoms with Gasteiger partial charge in [-0.15, -0.1) is 11.8 Å². The fraction of sp³-hybridized carbons (Fsp3) is 0.652. The molecule has 1 unspecified atom stereocenters. The summed E-state index contributed by atoms with van der Waals surface area (Å²) in [5.74, 6) is -1.22. The van der Waals surface area contributed by atoms with Gasteiger partial charge in [0.05, 0.1) is 11.7 Å². The molecule has 0 spiro atoms. The van der Waals surface area contributed by atoms with Crippen LogP contribution in [0.4, 0.5) is 4.39 Å². The van der Waals surface area contributed by atoms with Crippen molar-refractivity contribution >= 4 is 23.6 Å². The lowest BCUT2D eigenvalue weighted by Gasteiger charge is -2.33. The van der Waals surface area contributed by atoms with Gasteiger partial charge in [-0.05, 0) is 67.9 Å². The number of thioether (sulfide) groups is 1. The summed E-state index contributed by atoms with van der Waals surface area (Å²) in [6.45, 7) is 8.75. The van der Waals surface area contributed by atoms with E-state index in [0.717, 1.165) is 37.9 Å². The van der Waals surface area contributed by atoms with Crippen LogP contribution < -0.4 is 0 Å². The summed E-state index contributed by atoms with van der Waals surface area (Å²) in [6.07, 6.45) is 2.37. The van der Waals surface area contributed by atoms with E-state index in [1.807, 2.05) is 6.07 Å². The van der Waals surface area contributed by atoms with E-state index in [1.165, 1.54) is 17.8 Å². The number of nitrogens with zero attached hydrogens (tertiary/aromatic N) is 2. The van der Waals surface area contributed by atoms with Crippen LogP contribution in [0.5, 0.6) is 0 Å². The third-order valence-electron chi connectivity index (χ3n) is 6.08. The lowest BCUT2D eigenvalue weighted by Crippen LogP contribution is -2.35. The second-order valence-corrected chi connectivity index (χ2v) is 11.0. The summed E-state index contributed by atoms with van der Waals surface area (Å²) in [4.78, 5) is 28.5. The Kier molecular flexibility index (Phi) is 7.13. The molecule has 2 heterocycles. The maximum Gasteiger partial charge on any atom is 0.305 e. The molecule has 0 saturated carbocycles. The SMILES string of the molecule is CN1CCC(c2c(F)cccc2C2S[C@@H](CC(=O)O)C(=O)N2CCC(C)(C)C)CC1. The quantitative estimate of drug-likeness (QED) is 0.712. The van der Waals surface area contributed by atoms with E-state index >= 15 is 4.39 Å². The van der Waals surface area contributed by atoms with Gasteiger partial charge in [-0.3, -0.25) is 9.59 Å². The number of rotatable bonds is 6. The molecule has 2 saturated heterocycles. The van der Waals surface area contributed by atoms with Crippen LogP contribution in [0.1, 0.15) is 68.9 Å². The Hall–Kier alpha value is -1.60. The second-order valence-electron chi connectivity index (χ2n) is 9.74. The monoisotopic (exact) mass is 436 g/mol. The number of benzene rings is 1. The van der Waals surface area contributed by atoms with E-state index < -0.39 is 11.2 Å². The highest BCUT2D eigenvalue weighted by Gasteiger charge is 2.43. The van der Waals surface area contributed by atoms with Crippen molar-refractivity contribution in [2.24, 2.45) is 5.41 Å². The molecule has 3 rings (SSSR count). The summed E-state index contributed by atoms with van der Waals surface area (Å²) in [5.41, 5.74) is 1.59. The molecule has 0 bridgehead atoms. The molecule has 1 aromatic rings. The molecule has 2 fully saturated rings. The fourth-order valence-electron chi connectivity index (χ4n) is 4.30. The molecule has 2 aliphatic rings. The Balaban J connectivity index is 1.95. The molecule has 0 aromatic heterocycles. The summed E-state index contributed by atoms with van der Waals surface area (Å²) >= 11 is 1.36. The second kappa shape index (κ2) is 9.27. The Morgan fingerprint density at radius 2 is 1.93 bits per heavy atom. The number of piperidine rings is 1. The maximum atomic E-state index is 15.1. The third kappa shape index (κ3) is 5.35. The zero-order valence-electron chi connectivity index (χ0n) is 18.4. The zero-order valence-corrected chi connectivity index (χ0v) is 19.2. The molecule has 0 radical (unpaired) electrons. The highest BCUT2D eigenvalue weighted by Crippen LogP contribution is 2.48. The summed E-state index contributed by atoms with van der Waals surface area (Å²) in [5, 5.41) is 8.31. The minimum atomic E-state index is -0.980. The Labute approximate surface area is 183 Å². The average Bonchev–Trinajstić information content (AvgIpc) is 2.95. The summed E-state index contributed by atoms with van der Waals surface area (Å²) in [6, 6.07) is 5.14. The van der Waals surface area contributed by atoms with Gasteiger partial charge in [-0.25, -0.2) is 4.39 Å². The number of carboxylic acids is 1. The number of amides is 1. The molecule has 1 aromatic carbocycles. The maximum absolute atomic E-state index is 15.1. The molecule has 2 aliphatic heterocycles. The van der Waals surface area contributed by atoms with Gasteiger partial charge in [-0.2, -0.15) is 0 Å². The Bertz CT molecular complexity index is 787. The van der Waals surface area contributed by atoms with Crippen LogP contribution in [0.3, 0.4) is 0 Å². The number of carboxylic acid groups (broad SMARTS) is 1. The molecule has 2 atom stereocenters. The Morgan fingerprint density at radius 1 is 1.27 bits per heavy atom. The number of halogens is 1. The minimum absolute atomic E-state index is 0.0408. The van der Waals surface area contributed by atoms with Gasteiger partial charge < -0.3 is 14.9 Å². The van der Waals surface area contributed by atoms with Gasteiger partial charge in [0, 0.05) is 6.54 Å². The highest BCUT2D eigenvalue weighted by atomic mass is 32.2. The first-order valence-electron chi connectivity index (χ1n) is 10.7. The smallest absolute Gasteiger partial charge is 0.305 e. The number of hydrogen-bond acceptors (Lipinski definition) is 4. The minimum Gasteiger partial charge on any atom is -0.481 e. The molecular formula is C23H33FN2O3S. The standard InChI is InChI=1S/C23H33FN2O3S/c1-23(2,3)10-13-26-21(29)18(14-19(27)28)30-22(26)16-6-5-7-17(24)20(16)15-8-11-25(4)12-9-15/h5-7,15,18,22H,8-14H2,1-4H3,(H,27,28)/t18-,22?/m0/s1. The van der Waals surface area contributed by atoms with E-state index in [2.05, 4.69) is 32.7 Å². The molecule has 0 aliphatic carbocycles. The average molecular weight is 437 g/mol. The first-order chi connectivity index (χ1) is 14.1. The van der Waals surface area contributed by atoms with Gasteiger partial charge in [0.15, 0.2) is 0 Å².